The molecule has 2 heterocycles. The number of rotatable bonds is 3. The summed E-state index contributed by atoms with van der Waals surface area (Å²) >= 11 is 0. The van der Waals surface area contributed by atoms with E-state index in [1.807, 2.05) is 30.3 Å². The Bertz CT molecular complexity index is 1970. The van der Waals surface area contributed by atoms with Gasteiger partial charge in [-0.1, -0.05) is 48.5 Å². The van der Waals surface area contributed by atoms with E-state index >= 15 is 0 Å². The summed E-state index contributed by atoms with van der Waals surface area (Å²) in [5.74, 6) is -1.93. The van der Waals surface area contributed by atoms with E-state index in [4.69, 9.17) is 0 Å². The van der Waals surface area contributed by atoms with Crippen molar-refractivity contribution in [3.63, 3.8) is 0 Å². The summed E-state index contributed by atoms with van der Waals surface area (Å²) in [5, 5.41) is 18.8. The highest BCUT2D eigenvalue weighted by Crippen LogP contribution is 2.38. The molecule has 2 N–H and O–H groups in total. The van der Waals surface area contributed by atoms with Gasteiger partial charge in [0.1, 0.15) is 5.56 Å². The number of imide groups is 1. The van der Waals surface area contributed by atoms with Crippen molar-refractivity contribution in [2.45, 2.75) is 12.8 Å². The summed E-state index contributed by atoms with van der Waals surface area (Å²) in [7, 11) is 0. The molecule has 2 aliphatic rings. The van der Waals surface area contributed by atoms with Crippen LogP contribution >= 0.6 is 0 Å². The number of benzene rings is 4. The Hall–Kier alpha value is -5.31. The van der Waals surface area contributed by atoms with E-state index in [1.165, 1.54) is 0 Å². The number of fused-ring (bicyclic) bond motifs is 1. The number of hydrazone groups is 1. The first kappa shape index (κ1) is 21.9. The third-order valence-electron chi connectivity index (χ3n) is 7.27. The van der Waals surface area contributed by atoms with Crippen molar-refractivity contribution in [2.75, 3.05) is 0 Å². The lowest BCUT2D eigenvalue weighted by Crippen LogP contribution is -2.37. The lowest BCUT2D eigenvalue weighted by molar-refractivity contribution is 0.0616. The fourth-order valence-electron chi connectivity index (χ4n) is 5.51. The molecule has 0 unspecified atom stereocenters. The molecule has 184 valence electrons. The maximum atomic E-state index is 13.3. The normalized spacial score (nSPS) is 14.4. The summed E-state index contributed by atoms with van der Waals surface area (Å²) in [6.45, 7) is 0. The molecule has 0 bridgehead atoms. The number of nitrogens with zero attached hydrogens (tertiary/aromatic N) is 3. The first-order valence-corrected chi connectivity index (χ1v) is 12.0. The van der Waals surface area contributed by atoms with E-state index in [1.54, 1.807) is 36.4 Å². The van der Waals surface area contributed by atoms with Gasteiger partial charge in [0.25, 0.3) is 17.4 Å². The molecule has 4 aromatic carbocycles. The van der Waals surface area contributed by atoms with Crippen molar-refractivity contribution in [3.05, 3.63) is 115 Å². The summed E-state index contributed by atoms with van der Waals surface area (Å²) < 4.78 is 0.958. The van der Waals surface area contributed by atoms with E-state index in [-0.39, 0.29) is 5.56 Å². The van der Waals surface area contributed by atoms with Gasteiger partial charge in [0.15, 0.2) is 0 Å². The number of H-pyrrole nitrogens is 1. The zero-order valence-electron chi connectivity index (χ0n) is 19.8. The molecule has 7 rings (SSSR count). The van der Waals surface area contributed by atoms with E-state index in [0.29, 0.717) is 32.6 Å². The van der Waals surface area contributed by atoms with Crippen LogP contribution in [-0.2, 0) is 12.8 Å². The Morgan fingerprint density at radius 3 is 2.16 bits per heavy atom. The summed E-state index contributed by atoms with van der Waals surface area (Å²) in [6.07, 6.45) is 2.64. The fourth-order valence-corrected chi connectivity index (χ4v) is 5.51. The van der Waals surface area contributed by atoms with Crippen LogP contribution in [0.5, 0.6) is 5.88 Å². The molecule has 2 amide bonds. The standard InChI is InChI=1S/C29H18N4O5/c34-25-21(26(35)32(29(38)31-25)22-7-3-5-15-4-1-2-6-18(15)22)14-30-33-27(36)19-12-10-16-8-9-17-11-13-20(28(33)37)24(19)23(16)17/h1-7,10-14,35H,8-9H2,(H,31,34,38). The molecule has 0 atom stereocenters. The van der Waals surface area contributed by atoms with Crippen molar-refractivity contribution in [3.8, 4) is 11.6 Å². The quantitative estimate of drug-likeness (QED) is 0.289. The zero-order valence-corrected chi connectivity index (χ0v) is 19.8. The van der Waals surface area contributed by atoms with Crippen molar-refractivity contribution < 1.29 is 14.7 Å². The lowest BCUT2D eigenvalue weighted by Gasteiger charge is -2.23. The van der Waals surface area contributed by atoms with Gasteiger partial charge in [0.2, 0.25) is 5.88 Å². The molecule has 1 aliphatic carbocycles. The summed E-state index contributed by atoms with van der Waals surface area (Å²) in [6, 6.07) is 19.7. The van der Waals surface area contributed by atoms with Crippen LogP contribution in [0.3, 0.4) is 0 Å². The Balaban J connectivity index is 1.35. The Kier molecular flexibility index (Phi) is 4.53. The Labute approximate surface area is 213 Å². The van der Waals surface area contributed by atoms with Gasteiger partial charge in [-0.15, -0.1) is 0 Å². The minimum absolute atomic E-state index is 0.345. The van der Waals surface area contributed by atoms with E-state index in [0.717, 1.165) is 45.5 Å². The molecule has 9 heteroatoms. The van der Waals surface area contributed by atoms with Gasteiger partial charge in [0, 0.05) is 10.8 Å². The van der Waals surface area contributed by atoms with E-state index in [2.05, 4.69) is 10.1 Å². The molecule has 1 aliphatic heterocycles. The van der Waals surface area contributed by atoms with Gasteiger partial charge in [-0.25, -0.2) is 9.36 Å². The number of hydrogen-bond donors (Lipinski definition) is 2. The number of hydrogen-bond acceptors (Lipinski definition) is 6. The van der Waals surface area contributed by atoms with Crippen LogP contribution < -0.4 is 11.2 Å². The maximum absolute atomic E-state index is 13.3. The molecule has 0 fully saturated rings. The number of amides is 2. The molecule has 1 aromatic heterocycles. The molecular formula is C29H18N4O5. The number of carbonyl (C=O) groups is 2. The highest BCUT2D eigenvalue weighted by molar-refractivity contribution is 6.26. The van der Waals surface area contributed by atoms with Crippen molar-refractivity contribution in [1.82, 2.24) is 14.6 Å². The number of aryl methyl sites for hydroxylation is 2. The van der Waals surface area contributed by atoms with Crippen LogP contribution in [0.4, 0.5) is 0 Å². The monoisotopic (exact) mass is 502 g/mol. The number of aromatic amines is 1. The van der Waals surface area contributed by atoms with Crippen LogP contribution in [0.15, 0.2) is 81.4 Å². The van der Waals surface area contributed by atoms with Crippen molar-refractivity contribution in [1.29, 1.82) is 0 Å². The van der Waals surface area contributed by atoms with E-state index < -0.39 is 28.9 Å². The van der Waals surface area contributed by atoms with Gasteiger partial charge in [-0.3, -0.25) is 19.4 Å². The number of carbonyl (C=O) groups excluding carboxylic acids is 2. The predicted octanol–water partition coefficient (Wildman–Crippen LogP) is 3.27. The molecular weight excluding hydrogens is 484 g/mol. The van der Waals surface area contributed by atoms with Crippen LogP contribution in [0, 0.1) is 0 Å². The molecule has 0 radical (unpaired) electrons. The maximum Gasteiger partial charge on any atom is 0.335 e. The molecule has 0 saturated carbocycles. The van der Waals surface area contributed by atoms with Gasteiger partial charge in [0.05, 0.1) is 23.0 Å². The lowest BCUT2D eigenvalue weighted by atomic mass is 9.92. The second-order valence-electron chi connectivity index (χ2n) is 9.29. The Morgan fingerprint density at radius 1 is 0.789 bits per heavy atom. The van der Waals surface area contributed by atoms with E-state index in [9.17, 15) is 24.3 Å². The fraction of sp³-hybridized carbons (Fsp3) is 0.0690. The third-order valence-corrected chi connectivity index (χ3v) is 7.27. The van der Waals surface area contributed by atoms with Crippen molar-refractivity contribution in [2.24, 2.45) is 5.10 Å². The van der Waals surface area contributed by atoms with Crippen LogP contribution in [0.25, 0.3) is 27.2 Å². The minimum atomic E-state index is -0.910. The zero-order chi connectivity index (χ0) is 26.1. The second-order valence-corrected chi connectivity index (χ2v) is 9.29. The average Bonchev–Trinajstić information content (AvgIpc) is 3.34. The minimum Gasteiger partial charge on any atom is -0.493 e. The highest BCUT2D eigenvalue weighted by Gasteiger charge is 2.35. The first-order valence-electron chi connectivity index (χ1n) is 12.0. The molecule has 38 heavy (non-hydrogen) atoms. The SMILES string of the molecule is O=C1c2ccc3c4c(ccc(c24)C(=O)N1N=Cc1c(O)n(-c2cccc4ccccc24)c(=O)[nH]c1=O)CC3. The van der Waals surface area contributed by atoms with Crippen LogP contribution in [-0.4, -0.2) is 37.7 Å². The second kappa shape index (κ2) is 7.84. The summed E-state index contributed by atoms with van der Waals surface area (Å²) in [4.78, 5) is 54.3. The average molecular weight is 502 g/mol. The summed E-state index contributed by atoms with van der Waals surface area (Å²) in [5.41, 5.74) is 1.11. The number of nitrogens with one attached hydrogen (secondary N) is 1. The molecule has 0 spiro atoms. The largest absolute Gasteiger partial charge is 0.493 e. The Morgan fingerprint density at radius 2 is 1.45 bits per heavy atom. The highest BCUT2D eigenvalue weighted by atomic mass is 16.3. The predicted molar refractivity (Wildman–Crippen MR) is 141 cm³/mol. The van der Waals surface area contributed by atoms with Gasteiger partial charge in [-0.2, -0.15) is 10.1 Å². The first-order chi connectivity index (χ1) is 18.4. The number of aromatic nitrogens is 2. The molecule has 9 nitrogen and oxygen atoms in total. The smallest absolute Gasteiger partial charge is 0.335 e. The van der Waals surface area contributed by atoms with Gasteiger partial charge in [-0.05, 0) is 52.9 Å². The van der Waals surface area contributed by atoms with Gasteiger partial charge < -0.3 is 5.11 Å². The van der Waals surface area contributed by atoms with Crippen molar-refractivity contribution >= 4 is 39.6 Å². The third kappa shape index (κ3) is 2.95. The van der Waals surface area contributed by atoms with Gasteiger partial charge >= 0.3 is 5.69 Å². The number of aromatic hydroxyl groups is 1. The molecule has 5 aromatic rings. The van der Waals surface area contributed by atoms with Crippen LogP contribution in [0.1, 0.15) is 37.4 Å². The molecule has 0 saturated heterocycles. The topological polar surface area (TPSA) is 125 Å². The van der Waals surface area contributed by atoms with Crippen LogP contribution in [0.2, 0.25) is 0 Å².